The van der Waals surface area contributed by atoms with Crippen LogP contribution in [0.2, 0.25) is 0 Å². The summed E-state index contributed by atoms with van der Waals surface area (Å²) in [6.07, 6.45) is 2.55. The summed E-state index contributed by atoms with van der Waals surface area (Å²) in [4.78, 5) is 0. The normalized spacial score (nSPS) is 10.9. The molecule has 0 aliphatic rings. The van der Waals surface area contributed by atoms with Gasteiger partial charge in [0.05, 0.1) is 6.07 Å². The topological polar surface area (TPSA) is 44.0 Å². The third kappa shape index (κ3) is 2.64. The van der Waals surface area contributed by atoms with Gasteiger partial charge in [0.1, 0.15) is 5.75 Å². The van der Waals surface area contributed by atoms with Crippen molar-refractivity contribution in [3.05, 3.63) is 35.4 Å². The molecule has 0 spiro atoms. The fourth-order valence-electron chi connectivity index (χ4n) is 0.985. The molecule has 0 aliphatic carbocycles. The lowest BCUT2D eigenvalue weighted by Crippen LogP contribution is -1.76. The highest BCUT2D eigenvalue weighted by molar-refractivity contribution is 5.57. The maximum absolute atomic E-state index is 9.02. The lowest BCUT2D eigenvalue weighted by molar-refractivity contribution is 0.475. The third-order valence-corrected chi connectivity index (χ3v) is 1.76. The lowest BCUT2D eigenvalue weighted by Gasteiger charge is -1.95. The molecule has 1 aromatic carbocycles. The first-order valence-corrected chi connectivity index (χ1v) is 4.16. The number of nitriles is 1. The molecule has 1 N–H and O–H groups in total. The minimum absolute atomic E-state index is 0.243. The fourth-order valence-corrected chi connectivity index (χ4v) is 0.985. The molecule has 0 saturated heterocycles. The van der Waals surface area contributed by atoms with Crippen molar-refractivity contribution in [2.24, 2.45) is 0 Å². The van der Waals surface area contributed by atoms with Crippen molar-refractivity contribution in [2.75, 3.05) is 0 Å². The molecule has 13 heavy (non-hydrogen) atoms. The number of rotatable bonds is 2. The van der Waals surface area contributed by atoms with Crippen LogP contribution >= 0.6 is 0 Å². The summed E-state index contributed by atoms with van der Waals surface area (Å²) >= 11 is 0. The molecule has 2 nitrogen and oxygen atoms in total. The first-order valence-electron chi connectivity index (χ1n) is 4.16. The monoisotopic (exact) mass is 173 g/mol. The molecule has 0 aliphatic heterocycles. The van der Waals surface area contributed by atoms with Gasteiger partial charge in [0, 0.05) is 5.57 Å². The molecule has 0 radical (unpaired) electrons. The molecule has 0 atom stereocenters. The van der Waals surface area contributed by atoms with E-state index in [-0.39, 0.29) is 5.75 Å². The highest BCUT2D eigenvalue weighted by Crippen LogP contribution is 2.13. The quantitative estimate of drug-likeness (QED) is 0.699. The molecule has 0 heterocycles. The van der Waals surface area contributed by atoms with E-state index in [1.165, 1.54) is 0 Å². The van der Waals surface area contributed by atoms with E-state index in [9.17, 15) is 0 Å². The van der Waals surface area contributed by atoms with Crippen molar-refractivity contribution < 1.29 is 5.11 Å². The van der Waals surface area contributed by atoms with Gasteiger partial charge in [-0.3, -0.25) is 0 Å². The number of phenols is 1. The predicted octanol–water partition coefficient (Wildman–Crippen LogP) is 2.71. The first kappa shape index (κ1) is 9.34. The van der Waals surface area contributed by atoms with Crippen LogP contribution in [0.25, 0.3) is 6.08 Å². The Morgan fingerprint density at radius 3 is 2.54 bits per heavy atom. The Kier molecular flexibility index (Phi) is 3.10. The SMILES string of the molecule is CCC(C#N)=Cc1ccc(O)cc1. The highest BCUT2D eigenvalue weighted by Gasteiger charge is 1.92. The molecule has 0 unspecified atom stereocenters. The van der Waals surface area contributed by atoms with Crippen LogP contribution in [0, 0.1) is 11.3 Å². The minimum Gasteiger partial charge on any atom is -0.508 e. The van der Waals surface area contributed by atoms with Crippen LogP contribution in [0.15, 0.2) is 29.8 Å². The summed E-state index contributed by atoms with van der Waals surface area (Å²) in [5.74, 6) is 0.243. The molecule has 1 rings (SSSR count). The second-order valence-corrected chi connectivity index (χ2v) is 2.73. The number of hydrogen-bond donors (Lipinski definition) is 1. The van der Waals surface area contributed by atoms with Crippen LogP contribution < -0.4 is 0 Å². The molecule has 0 aromatic heterocycles. The van der Waals surface area contributed by atoms with Crippen LogP contribution in [-0.2, 0) is 0 Å². The molecular weight excluding hydrogens is 162 g/mol. The zero-order valence-electron chi connectivity index (χ0n) is 7.49. The summed E-state index contributed by atoms with van der Waals surface area (Å²) in [5, 5.41) is 17.7. The van der Waals surface area contributed by atoms with E-state index in [1.54, 1.807) is 24.3 Å². The van der Waals surface area contributed by atoms with E-state index in [4.69, 9.17) is 10.4 Å². The van der Waals surface area contributed by atoms with Crippen LogP contribution in [0.3, 0.4) is 0 Å². The number of aromatic hydroxyl groups is 1. The Labute approximate surface area is 77.8 Å². The maximum atomic E-state index is 9.02. The average Bonchev–Trinajstić information content (AvgIpc) is 2.17. The van der Waals surface area contributed by atoms with E-state index in [1.807, 2.05) is 13.0 Å². The van der Waals surface area contributed by atoms with Gasteiger partial charge in [-0.1, -0.05) is 19.1 Å². The number of allylic oxidation sites excluding steroid dienone is 1. The Bertz CT molecular complexity index is 343. The van der Waals surface area contributed by atoms with Crippen LogP contribution in [-0.4, -0.2) is 5.11 Å². The first-order chi connectivity index (χ1) is 6.26. The van der Waals surface area contributed by atoms with Gasteiger partial charge >= 0.3 is 0 Å². The Morgan fingerprint density at radius 1 is 1.46 bits per heavy atom. The minimum atomic E-state index is 0.243. The van der Waals surface area contributed by atoms with Crippen molar-refractivity contribution in [3.8, 4) is 11.8 Å². The van der Waals surface area contributed by atoms with Crippen molar-refractivity contribution in [3.63, 3.8) is 0 Å². The van der Waals surface area contributed by atoms with E-state index < -0.39 is 0 Å². The molecule has 0 bridgehead atoms. The van der Waals surface area contributed by atoms with Gasteiger partial charge in [-0.2, -0.15) is 5.26 Å². The Morgan fingerprint density at radius 2 is 2.08 bits per heavy atom. The third-order valence-electron chi connectivity index (χ3n) is 1.76. The van der Waals surface area contributed by atoms with Gasteiger partial charge in [-0.15, -0.1) is 0 Å². The molecule has 66 valence electrons. The highest BCUT2D eigenvalue weighted by atomic mass is 16.3. The second-order valence-electron chi connectivity index (χ2n) is 2.73. The standard InChI is InChI=1S/C11H11NO/c1-2-9(8-12)7-10-3-5-11(13)6-4-10/h3-7,13H,2H2,1H3. The lowest BCUT2D eigenvalue weighted by atomic mass is 10.1. The van der Waals surface area contributed by atoms with E-state index in [0.29, 0.717) is 0 Å². The largest absolute Gasteiger partial charge is 0.508 e. The zero-order chi connectivity index (χ0) is 9.68. The van der Waals surface area contributed by atoms with Gasteiger partial charge in [0.2, 0.25) is 0 Å². The van der Waals surface area contributed by atoms with Gasteiger partial charge in [-0.25, -0.2) is 0 Å². The molecule has 0 amide bonds. The van der Waals surface area contributed by atoms with Gasteiger partial charge in [-0.05, 0) is 30.2 Å². The van der Waals surface area contributed by atoms with Crippen molar-refractivity contribution in [1.29, 1.82) is 5.26 Å². The van der Waals surface area contributed by atoms with Gasteiger partial charge in [0.25, 0.3) is 0 Å². The van der Waals surface area contributed by atoms with Crippen molar-refractivity contribution >= 4 is 6.08 Å². The molecule has 1 aromatic rings. The summed E-state index contributed by atoms with van der Waals surface area (Å²) in [6, 6.07) is 8.89. The number of benzene rings is 1. The number of hydrogen-bond acceptors (Lipinski definition) is 2. The maximum Gasteiger partial charge on any atom is 0.115 e. The number of phenolic OH excluding ortho intramolecular Hbond substituents is 1. The predicted molar refractivity (Wildman–Crippen MR) is 52.0 cm³/mol. The number of nitrogens with zero attached hydrogens (tertiary/aromatic N) is 1. The molecular formula is C11H11NO. The fraction of sp³-hybridized carbons (Fsp3) is 0.182. The van der Waals surface area contributed by atoms with Crippen LogP contribution in [0.5, 0.6) is 5.75 Å². The second kappa shape index (κ2) is 4.32. The van der Waals surface area contributed by atoms with Crippen molar-refractivity contribution in [2.45, 2.75) is 13.3 Å². The van der Waals surface area contributed by atoms with Gasteiger partial charge < -0.3 is 5.11 Å². The van der Waals surface area contributed by atoms with Crippen LogP contribution in [0.1, 0.15) is 18.9 Å². The molecule has 0 saturated carbocycles. The zero-order valence-corrected chi connectivity index (χ0v) is 7.49. The van der Waals surface area contributed by atoms with E-state index in [0.717, 1.165) is 17.6 Å². The van der Waals surface area contributed by atoms with Crippen molar-refractivity contribution in [1.82, 2.24) is 0 Å². The average molecular weight is 173 g/mol. The van der Waals surface area contributed by atoms with E-state index >= 15 is 0 Å². The summed E-state index contributed by atoms with van der Waals surface area (Å²) < 4.78 is 0. The summed E-state index contributed by atoms with van der Waals surface area (Å²) in [6.45, 7) is 1.94. The molecule has 0 fully saturated rings. The van der Waals surface area contributed by atoms with Gasteiger partial charge in [0.15, 0.2) is 0 Å². The van der Waals surface area contributed by atoms with E-state index in [2.05, 4.69) is 6.07 Å². The summed E-state index contributed by atoms with van der Waals surface area (Å²) in [7, 11) is 0. The van der Waals surface area contributed by atoms with Crippen LogP contribution in [0.4, 0.5) is 0 Å². The Balaban J connectivity index is 2.92. The smallest absolute Gasteiger partial charge is 0.115 e. The summed E-state index contributed by atoms with van der Waals surface area (Å²) in [5.41, 5.74) is 1.68. The molecule has 2 heteroatoms. The Hall–Kier alpha value is -1.75.